The Bertz CT molecular complexity index is 663. The summed E-state index contributed by atoms with van der Waals surface area (Å²) >= 11 is 0. The van der Waals surface area contributed by atoms with Gasteiger partial charge in [0.25, 0.3) is 0 Å². The lowest BCUT2D eigenvalue weighted by molar-refractivity contribution is -0.389. The molecule has 1 aromatic heterocycles. The fourth-order valence-corrected chi connectivity index (χ4v) is 3.66. The van der Waals surface area contributed by atoms with Crippen LogP contribution in [0.4, 0.5) is 16.3 Å². The standard InChI is InChI=1S/C18H26N4O4/c1-18(2,3)26-17(23)21-11-8-15(21)13-6-9-20(10-7-13)14-4-5-16(19-12-14)22(24)25/h4-5,12-13,15H,6-11H2,1-3H3. The van der Waals surface area contributed by atoms with E-state index in [1.165, 1.54) is 6.07 Å². The first kappa shape index (κ1) is 18.4. The largest absolute Gasteiger partial charge is 0.444 e. The summed E-state index contributed by atoms with van der Waals surface area (Å²) in [5.74, 6) is 0.338. The second-order valence-corrected chi connectivity index (χ2v) is 7.99. The number of nitro groups is 1. The SMILES string of the molecule is CC(C)(C)OC(=O)N1CCC1C1CCN(c2ccc([N+](=O)[O-])nc2)CC1. The number of carbonyl (C=O) groups excluding carboxylic acids is 1. The predicted octanol–water partition coefficient (Wildman–Crippen LogP) is 3.22. The van der Waals surface area contributed by atoms with E-state index in [0.29, 0.717) is 5.92 Å². The van der Waals surface area contributed by atoms with Crippen molar-refractivity contribution in [3.8, 4) is 0 Å². The number of aromatic nitrogens is 1. The number of anilines is 1. The van der Waals surface area contributed by atoms with Crippen molar-refractivity contribution in [1.29, 1.82) is 0 Å². The third-order valence-corrected chi connectivity index (χ3v) is 5.06. The van der Waals surface area contributed by atoms with E-state index >= 15 is 0 Å². The maximum absolute atomic E-state index is 12.3. The number of nitrogens with zero attached hydrogens (tertiary/aromatic N) is 4. The van der Waals surface area contributed by atoms with E-state index in [2.05, 4.69) is 9.88 Å². The molecule has 0 spiro atoms. The first-order valence-electron chi connectivity index (χ1n) is 9.09. The van der Waals surface area contributed by atoms with Crippen molar-refractivity contribution in [1.82, 2.24) is 9.88 Å². The number of amides is 1. The minimum absolute atomic E-state index is 0.133. The third-order valence-electron chi connectivity index (χ3n) is 5.06. The van der Waals surface area contributed by atoms with Gasteiger partial charge in [-0.15, -0.1) is 0 Å². The van der Waals surface area contributed by atoms with Crippen molar-refractivity contribution in [2.24, 2.45) is 5.92 Å². The van der Waals surface area contributed by atoms with Crippen molar-refractivity contribution in [2.45, 2.75) is 51.7 Å². The van der Waals surface area contributed by atoms with E-state index in [4.69, 9.17) is 4.74 Å². The molecule has 2 fully saturated rings. The Labute approximate surface area is 153 Å². The molecule has 1 unspecified atom stereocenters. The van der Waals surface area contributed by atoms with Crippen molar-refractivity contribution >= 4 is 17.6 Å². The highest BCUT2D eigenvalue weighted by Gasteiger charge is 2.41. The van der Waals surface area contributed by atoms with Gasteiger partial charge < -0.3 is 24.7 Å². The minimum atomic E-state index is -0.488. The third kappa shape index (κ3) is 4.05. The van der Waals surface area contributed by atoms with Crippen LogP contribution in [0.15, 0.2) is 18.3 Å². The van der Waals surface area contributed by atoms with E-state index in [9.17, 15) is 14.9 Å². The predicted molar refractivity (Wildman–Crippen MR) is 97.2 cm³/mol. The highest BCUT2D eigenvalue weighted by Crippen LogP contribution is 2.34. The van der Waals surface area contributed by atoms with Crippen LogP contribution in [0.25, 0.3) is 0 Å². The Morgan fingerprint density at radius 2 is 1.92 bits per heavy atom. The van der Waals surface area contributed by atoms with Crippen LogP contribution in [0.5, 0.6) is 0 Å². The van der Waals surface area contributed by atoms with Crippen molar-refractivity contribution in [2.75, 3.05) is 24.5 Å². The number of ether oxygens (including phenoxy) is 1. The maximum Gasteiger partial charge on any atom is 0.410 e. The summed E-state index contributed by atoms with van der Waals surface area (Å²) < 4.78 is 5.50. The number of pyridine rings is 1. The van der Waals surface area contributed by atoms with Gasteiger partial charge in [0.15, 0.2) is 6.20 Å². The van der Waals surface area contributed by atoms with Gasteiger partial charge in [0.2, 0.25) is 0 Å². The van der Waals surface area contributed by atoms with Crippen LogP contribution in [0, 0.1) is 16.0 Å². The summed E-state index contributed by atoms with van der Waals surface area (Å²) in [4.78, 5) is 30.5. The molecule has 0 aromatic carbocycles. The number of piperidine rings is 1. The molecule has 0 bridgehead atoms. The molecule has 0 aliphatic carbocycles. The summed E-state index contributed by atoms with van der Waals surface area (Å²) in [6.07, 6.45) is 4.36. The number of likely N-dealkylation sites (tertiary alicyclic amines) is 1. The second kappa shape index (κ2) is 7.09. The van der Waals surface area contributed by atoms with Crippen LogP contribution in [0.1, 0.15) is 40.0 Å². The Morgan fingerprint density at radius 1 is 1.23 bits per heavy atom. The van der Waals surface area contributed by atoms with Gasteiger partial charge in [-0.2, -0.15) is 0 Å². The topological polar surface area (TPSA) is 88.8 Å². The highest BCUT2D eigenvalue weighted by atomic mass is 16.6. The molecule has 2 saturated heterocycles. The lowest BCUT2D eigenvalue weighted by atomic mass is 9.82. The van der Waals surface area contributed by atoms with Gasteiger partial charge in [-0.1, -0.05) is 0 Å². The molecule has 0 saturated carbocycles. The van der Waals surface area contributed by atoms with Gasteiger partial charge in [-0.3, -0.25) is 0 Å². The van der Waals surface area contributed by atoms with Gasteiger partial charge in [0.1, 0.15) is 5.60 Å². The van der Waals surface area contributed by atoms with Gasteiger partial charge in [-0.05, 0) is 61.9 Å². The average molecular weight is 362 g/mol. The molecule has 3 rings (SSSR count). The molecule has 8 nitrogen and oxygen atoms in total. The maximum atomic E-state index is 12.3. The lowest BCUT2D eigenvalue weighted by Gasteiger charge is -2.47. The summed E-state index contributed by atoms with van der Waals surface area (Å²) in [7, 11) is 0. The average Bonchev–Trinajstić information content (AvgIpc) is 2.53. The first-order chi connectivity index (χ1) is 12.2. The molecular weight excluding hydrogens is 336 g/mol. The van der Waals surface area contributed by atoms with Crippen LogP contribution < -0.4 is 4.90 Å². The molecular formula is C18H26N4O4. The van der Waals surface area contributed by atoms with E-state index in [-0.39, 0.29) is 18.0 Å². The second-order valence-electron chi connectivity index (χ2n) is 7.99. The Morgan fingerprint density at radius 3 is 2.38 bits per heavy atom. The zero-order valence-corrected chi connectivity index (χ0v) is 15.6. The molecule has 8 heteroatoms. The van der Waals surface area contributed by atoms with Gasteiger partial charge in [0, 0.05) is 31.7 Å². The molecule has 2 aliphatic heterocycles. The van der Waals surface area contributed by atoms with Crippen molar-refractivity contribution < 1.29 is 14.5 Å². The molecule has 0 radical (unpaired) electrons. The molecule has 3 heterocycles. The lowest BCUT2D eigenvalue weighted by Crippen LogP contribution is -2.57. The zero-order valence-electron chi connectivity index (χ0n) is 15.6. The fourth-order valence-electron chi connectivity index (χ4n) is 3.66. The molecule has 2 aliphatic rings. The van der Waals surface area contributed by atoms with Crippen molar-refractivity contribution in [3.63, 3.8) is 0 Å². The van der Waals surface area contributed by atoms with Crippen molar-refractivity contribution in [3.05, 3.63) is 28.4 Å². The van der Waals surface area contributed by atoms with Crippen LogP contribution in [0.2, 0.25) is 0 Å². The molecule has 0 N–H and O–H groups in total. The quantitative estimate of drug-likeness (QED) is 0.606. The summed E-state index contributed by atoms with van der Waals surface area (Å²) in [6.45, 7) is 8.15. The first-order valence-corrected chi connectivity index (χ1v) is 9.09. The number of rotatable bonds is 3. The van der Waals surface area contributed by atoms with E-state index in [0.717, 1.165) is 44.6 Å². The molecule has 1 amide bonds. The number of hydrogen-bond donors (Lipinski definition) is 0. The van der Waals surface area contributed by atoms with Crippen LogP contribution in [-0.2, 0) is 4.74 Å². The summed E-state index contributed by atoms with van der Waals surface area (Å²) in [5.41, 5.74) is 0.440. The zero-order chi connectivity index (χ0) is 18.9. The fraction of sp³-hybridized carbons (Fsp3) is 0.667. The molecule has 142 valence electrons. The normalized spacial score (nSPS) is 21.3. The minimum Gasteiger partial charge on any atom is -0.444 e. The van der Waals surface area contributed by atoms with E-state index < -0.39 is 10.5 Å². The molecule has 26 heavy (non-hydrogen) atoms. The van der Waals surface area contributed by atoms with Gasteiger partial charge in [0.05, 0.1) is 5.69 Å². The smallest absolute Gasteiger partial charge is 0.410 e. The van der Waals surface area contributed by atoms with Crippen LogP contribution in [0.3, 0.4) is 0 Å². The Kier molecular flexibility index (Phi) is 5.02. The Balaban J connectivity index is 1.53. The molecule has 1 aromatic rings. The summed E-state index contributed by atoms with van der Waals surface area (Å²) in [5, 5.41) is 10.7. The van der Waals surface area contributed by atoms with Gasteiger partial charge >= 0.3 is 11.9 Å². The Hall–Kier alpha value is -2.38. The number of hydrogen-bond acceptors (Lipinski definition) is 6. The number of carbonyl (C=O) groups is 1. The van der Waals surface area contributed by atoms with Gasteiger partial charge in [-0.25, -0.2) is 4.79 Å². The van der Waals surface area contributed by atoms with E-state index in [1.54, 1.807) is 12.3 Å². The van der Waals surface area contributed by atoms with E-state index in [1.807, 2.05) is 25.7 Å². The van der Waals surface area contributed by atoms with Crippen LogP contribution in [-0.4, -0.2) is 52.2 Å². The summed E-state index contributed by atoms with van der Waals surface area (Å²) in [6, 6.07) is 3.46. The highest BCUT2D eigenvalue weighted by molar-refractivity contribution is 5.69. The van der Waals surface area contributed by atoms with Crippen LogP contribution >= 0.6 is 0 Å². The molecule has 1 atom stereocenters. The monoisotopic (exact) mass is 362 g/mol.